The van der Waals surface area contributed by atoms with Gasteiger partial charge >= 0.3 is 0 Å². The molecule has 5 nitrogen and oxygen atoms in total. The highest BCUT2D eigenvalue weighted by Crippen LogP contribution is 2.27. The lowest BCUT2D eigenvalue weighted by atomic mass is 10.0. The smallest absolute Gasteiger partial charge is 0.253 e. The summed E-state index contributed by atoms with van der Waals surface area (Å²) < 4.78 is 5.65. The van der Waals surface area contributed by atoms with Crippen molar-refractivity contribution in [1.29, 1.82) is 0 Å². The average molecular weight is 350 g/mol. The number of carbonyl (C=O) groups excluding carboxylic acids is 2. The van der Waals surface area contributed by atoms with Crippen molar-refractivity contribution >= 4 is 28.5 Å². The minimum absolute atomic E-state index is 0.0709. The van der Waals surface area contributed by atoms with E-state index in [9.17, 15) is 9.59 Å². The van der Waals surface area contributed by atoms with E-state index in [4.69, 9.17) is 4.42 Å². The molecular formula is C21H22N2O3. The number of furan rings is 1. The van der Waals surface area contributed by atoms with Gasteiger partial charge in [0, 0.05) is 36.3 Å². The molecule has 0 aliphatic heterocycles. The molecule has 0 aliphatic rings. The molecule has 3 aromatic rings. The maximum absolute atomic E-state index is 12.4. The Morgan fingerprint density at radius 3 is 2.38 bits per heavy atom. The molecule has 0 atom stereocenters. The molecule has 0 fully saturated rings. The molecule has 2 amide bonds. The zero-order valence-electron chi connectivity index (χ0n) is 15.4. The van der Waals surface area contributed by atoms with Crippen molar-refractivity contribution in [3.8, 4) is 0 Å². The summed E-state index contributed by atoms with van der Waals surface area (Å²) in [6.07, 6.45) is 1.88. The van der Waals surface area contributed by atoms with Crippen molar-refractivity contribution in [2.24, 2.45) is 0 Å². The summed E-state index contributed by atoms with van der Waals surface area (Å²) in [4.78, 5) is 25.8. The molecule has 0 bridgehead atoms. The molecule has 1 N–H and O–H groups in total. The number of nitrogens with zero attached hydrogens (tertiary/aromatic N) is 1. The van der Waals surface area contributed by atoms with Gasteiger partial charge in [-0.3, -0.25) is 9.59 Å². The number of nitrogens with one attached hydrogen (secondary N) is 1. The number of hydrogen-bond acceptors (Lipinski definition) is 3. The molecule has 0 spiro atoms. The minimum Gasteiger partial charge on any atom is -0.464 e. The normalized spacial score (nSPS) is 10.8. The molecule has 3 rings (SSSR count). The summed E-state index contributed by atoms with van der Waals surface area (Å²) in [5, 5.41) is 3.83. The molecule has 0 unspecified atom stereocenters. The van der Waals surface area contributed by atoms with Crippen molar-refractivity contribution in [2.75, 3.05) is 19.4 Å². The maximum Gasteiger partial charge on any atom is 0.253 e. The Balaban J connectivity index is 1.71. The van der Waals surface area contributed by atoms with Gasteiger partial charge in [0.25, 0.3) is 5.91 Å². The van der Waals surface area contributed by atoms with Crippen molar-refractivity contribution < 1.29 is 14.0 Å². The Morgan fingerprint density at radius 2 is 1.73 bits per heavy atom. The van der Waals surface area contributed by atoms with Gasteiger partial charge in [-0.15, -0.1) is 0 Å². The summed E-state index contributed by atoms with van der Waals surface area (Å²) in [6.45, 7) is 4.05. The second kappa shape index (κ2) is 7.04. The monoisotopic (exact) mass is 350 g/mol. The van der Waals surface area contributed by atoms with E-state index in [-0.39, 0.29) is 18.2 Å². The lowest BCUT2D eigenvalue weighted by Crippen LogP contribution is -2.21. The number of fused-ring (bicyclic) bond motifs is 1. The molecule has 26 heavy (non-hydrogen) atoms. The Labute approximate surface area is 152 Å². The third-order valence-electron chi connectivity index (χ3n) is 4.51. The quantitative estimate of drug-likeness (QED) is 0.775. The van der Waals surface area contributed by atoms with Gasteiger partial charge < -0.3 is 14.6 Å². The van der Waals surface area contributed by atoms with Gasteiger partial charge in [0.15, 0.2) is 0 Å². The zero-order valence-corrected chi connectivity index (χ0v) is 15.4. The molecule has 2 aromatic carbocycles. The van der Waals surface area contributed by atoms with Crippen LogP contribution in [0.3, 0.4) is 0 Å². The van der Waals surface area contributed by atoms with Crippen molar-refractivity contribution in [2.45, 2.75) is 20.3 Å². The largest absolute Gasteiger partial charge is 0.464 e. The zero-order chi connectivity index (χ0) is 18.8. The molecule has 0 aliphatic carbocycles. The molecule has 0 radical (unpaired) electrons. The Kier molecular flexibility index (Phi) is 4.80. The average Bonchev–Trinajstić information content (AvgIpc) is 3.01. The van der Waals surface area contributed by atoms with Gasteiger partial charge in [-0.05, 0) is 49.2 Å². The van der Waals surface area contributed by atoms with Gasteiger partial charge in [0.05, 0.1) is 12.7 Å². The molecule has 0 saturated heterocycles. The van der Waals surface area contributed by atoms with E-state index in [2.05, 4.69) is 5.32 Å². The standard InChI is InChI=1S/C21H22N2O3/c1-13-5-10-18-16(12-26-20(18)14(13)2)11-19(24)22-17-8-6-15(7-9-17)21(25)23(3)4/h5-10,12H,11H2,1-4H3,(H,22,24). The second-order valence-corrected chi connectivity index (χ2v) is 6.65. The molecule has 5 heteroatoms. The fourth-order valence-corrected chi connectivity index (χ4v) is 2.86. The summed E-state index contributed by atoms with van der Waals surface area (Å²) in [5.41, 5.74) is 5.19. The first-order chi connectivity index (χ1) is 12.4. The third kappa shape index (κ3) is 3.47. The van der Waals surface area contributed by atoms with Crippen LogP contribution in [0.4, 0.5) is 5.69 Å². The first kappa shape index (κ1) is 17.7. The minimum atomic E-state index is -0.127. The lowest BCUT2D eigenvalue weighted by molar-refractivity contribution is -0.115. The topological polar surface area (TPSA) is 62.6 Å². The van der Waals surface area contributed by atoms with Gasteiger partial charge in [-0.2, -0.15) is 0 Å². The first-order valence-electron chi connectivity index (χ1n) is 8.44. The number of benzene rings is 2. The molecule has 1 aromatic heterocycles. The van der Waals surface area contributed by atoms with Gasteiger partial charge in [0.1, 0.15) is 5.58 Å². The van der Waals surface area contributed by atoms with Gasteiger partial charge in [-0.1, -0.05) is 12.1 Å². The van der Waals surface area contributed by atoms with Crippen molar-refractivity contribution in [3.63, 3.8) is 0 Å². The number of hydrogen-bond donors (Lipinski definition) is 1. The van der Waals surface area contributed by atoms with E-state index in [0.717, 1.165) is 27.7 Å². The van der Waals surface area contributed by atoms with Crippen LogP contribution in [0.15, 0.2) is 47.1 Å². The van der Waals surface area contributed by atoms with E-state index in [0.29, 0.717) is 11.3 Å². The van der Waals surface area contributed by atoms with Crippen LogP contribution in [-0.4, -0.2) is 30.8 Å². The summed E-state index contributed by atoms with van der Waals surface area (Å²) in [5.74, 6) is -0.198. The summed E-state index contributed by atoms with van der Waals surface area (Å²) >= 11 is 0. The van der Waals surface area contributed by atoms with Crippen LogP contribution in [0, 0.1) is 13.8 Å². The number of rotatable bonds is 4. The number of aryl methyl sites for hydroxylation is 2. The van der Waals surface area contributed by atoms with Crippen LogP contribution < -0.4 is 5.32 Å². The van der Waals surface area contributed by atoms with Gasteiger partial charge in [-0.25, -0.2) is 0 Å². The van der Waals surface area contributed by atoms with Gasteiger partial charge in [0.2, 0.25) is 5.91 Å². The lowest BCUT2D eigenvalue weighted by Gasteiger charge is -2.11. The van der Waals surface area contributed by atoms with Crippen LogP contribution in [0.1, 0.15) is 27.0 Å². The Morgan fingerprint density at radius 1 is 1.04 bits per heavy atom. The van der Waals surface area contributed by atoms with Crippen LogP contribution >= 0.6 is 0 Å². The molecule has 134 valence electrons. The number of amides is 2. The fourth-order valence-electron chi connectivity index (χ4n) is 2.86. The van der Waals surface area contributed by atoms with Crippen LogP contribution in [0.25, 0.3) is 11.0 Å². The van der Waals surface area contributed by atoms with Crippen molar-refractivity contribution in [1.82, 2.24) is 4.90 Å². The summed E-state index contributed by atoms with van der Waals surface area (Å²) in [6, 6.07) is 10.9. The predicted molar refractivity (Wildman–Crippen MR) is 102 cm³/mol. The Bertz CT molecular complexity index is 969. The molecule has 0 saturated carbocycles. The number of anilines is 1. The first-order valence-corrected chi connectivity index (χ1v) is 8.44. The van der Waals surface area contributed by atoms with E-state index >= 15 is 0 Å². The highest BCUT2D eigenvalue weighted by atomic mass is 16.3. The maximum atomic E-state index is 12.4. The van der Waals surface area contributed by atoms with Crippen molar-refractivity contribution in [3.05, 3.63) is 64.9 Å². The van der Waals surface area contributed by atoms with E-state index in [1.54, 1.807) is 44.6 Å². The molecular weight excluding hydrogens is 328 g/mol. The van der Waals surface area contributed by atoms with E-state index in [1.165, 1.54) is 4.90 Å². The van der Waals surface area contributed by atoms with Crippen LogP contribution in [-0.2, 0) is 11.2 Å². The SMILES string of the molecule is Cc1ccc2c(CC(=O)Nc3ccc(C(=O)N(C)C)cc3)coc2c1C. The second-order valence-electron chi connectivity index (χ2n) is 6.65. The van der Waals surface area contributed by atoms with Crippen LogP contribution in [0.5, 0.6) is 0 Å². The molecule has 1 heterocycles. The Hall–Kier alpha value is -3.08. The van der Waals surface area contributed by atoms with E-state index in [1.807, 2.05) is 26.0 Å². The highest BCUT2D eigenvalue weighted by molar-refractivity contribution is 5.97. The predicted octanol–water partition coefficient (Wildman–Crippen LogP) is 3.93. The fraction of sp³-hybridized carbons (Fsp3) is 0.238. The third-order valence-corrected chi connectivity index (χ3v) is 4.51. The highest BCUT2D eigenvalue weighted by Gasteiger charge is 2.13. The summed E-state index contributed by atoms with van der Waals surface area (Å²) in [7, 11) is 3.41. The van der Waals surface area contributed by atoms with E-state index < -0.39 is 0 Å². The number of carbonyl (C=O) groups is 2. The van der Waals surface area contributed by atoms with Crippen LogP contribution in [0.2, 0.25) is 0 Å².